The van der Waals surface area contributed by atoms with Crippen molar-refractivity contribution < 1.29 is 0 Å². The SMILES string of the molecule is NC(=S)c1ccnc(NCc2ccc(Cl)cc2)n1. The lowest BCUT2D eigenvalue weighted by Crippen LogP contribution is -2.13. The number of halogens is 1. The van der Waals surface area contributed by atoms with E-state index in [1.54, 1.807) is 12.3 Å². The van der Waals surface area contributed by atoms with Gasteiger partial charge in [-0.1, -0.05) is 36.0 Å². The van der Waals surface area contributed by atoms with E-state index in [0.717, 1.165) is 5.56 Å². The second-order valence-electron chi connectivity index (χ2n) is 3.61. The molecule has 0 aliphatic carbocycles. The van der Waals surface area contributed by atoms with E-state index in [4.69, 9.17) is 29.6 Å². The summed E-state index contributed by atoms with van der Waals surface area (Å²) < 4.78 is 0. The fourth-order valence-electron chi connectivity index (χ4n) is 1.36. The minimum Gasteiger partial charge on any atom is -0.388 e. The maximum atomic E-state index is 5.81. The fourth-order valence-corrected chi connectivity index (χ4v) is 1.60. The Balaban J connectivity index is 2.04. The van der Waals surface area contributed by atoms with Crippen LogP contribution in [-0.2, 0) is 6.54 Å². The van der Waals surface area contributed by atoms with Crippen LogP contribution in [0.4, 0.5) is 5.95 Å². The Bertz CT molecular complexity index is 556. The topological polar surface area (TPSA) is 63.8 Å². The Morgan fingerprint density at radius 3 is 2.67 bits per heavy atom. The molecule has 0 saturated carbocycles. The highest BCUT2D eigenvalue weighted by molar-refractivity contribution is 7.80. The monoisotopic (exact) mass is 278 g/mol. The van der Waals surface area contributed by atoms with E-state index in [1.807, 2.05) is 24.3 Å². The largest absolute Gasteiger partial charge is 0.388 e. The summed E-state index contributed by atoms with van der Waals surface area (Å²) in [6.07, 6.45) is 1.62. The molecule has 0 aliphatic heterocycles. The van der Waals surface area contributed by atoms with Gasteiger partial charge >= 0.3 is 0 Å². The van der Waals surface area contributed by atoms with Crippen molar-refractivity contribution in [3.05, 3.63) is 52.8 Å². The van der Waals surface area contributed by atoms with Crippen LogP contribution in [0.2, 0.25) is 5.02 Å². The van der Waals surface area contributed by atoms with Crippen LogP contribution in [0.15, 0.2) is 36.5 Å². The van der Waals surface area contributed by atoms with Gasteiger partial charge in [0.25, 0.3) is 0 Å². The lowest BCUT2D eigenvalue weighted by Gasteiger charge is -2.06. The third-order valence-corrected chi connectivity index (χ3v) is 2.73. The molecule has 0 unspecified atom stereocenters. The van der Waals surface area contributed by atoms with Gasteiger partial charge in [0, 0.05) is 17.8 Å². The summed E-state index contributed by atoms with van der Waals surface area (Å²) in [7, 11) is 0. The summed E-state index contributed by atoms with van der Waals surface area (Å²) in [4.78, 5) is 8.54. The Hall–Kier alpha value is -1.72. The first-order chi connectivity index (χ1) is 8.65. The Morgan fingerprint density at radius 2 is 2.00 bits per heavy atom. The average molecular weight is 279 g/mol. The number of hydrogen-bond donors (Lipinski definition) is 2. The smallest absolute Gasteiger partial charge is 0.223 e. The number of aromatic nitrogens is 2. The Kier molecular flexibility index (Phi) is 4.07. The van der Waals surface area contributed by atoms with E-state index >= 15 is 0 Å². The van der Waals surface area contributed by atoms with E-state index in [2.05, 4.69) is 15.3 Å². The molecule has 1 aromatic carbocycles. The normalized spacial score (nSPS) is 10.1. The lowest BCUT2D eigenvalue weighted by molar-refractivity contribution is 1.05. The molecule has 0 amide bonds. The molecule has 1 aromatic heterocycles. The van der Waals surface area contributed by atoms with Crippen LogP contribution in [0.5, 0.6) is 0 Å². The van der Waals surface area contributed by atoms with Crippen LogP contribution in [0, 0.1) is 0 Å². The van der Waals surface area contributed by atoms with E-state index in [-0.39, 0.29) is 4.99 Å². The number of nitrogens with zero attached hydrogens (tertiary/aromatic N) is 2. The zero-order valence-electron chi connectivity index (χ0n) is 9.43. The van der Waals surface area contributed by atoms with Crippen LogP contribution in [0.1, 0.15) is 11.3 Å². The maximum absolute atomic E-state index is 5.81. The molecule has 0 saturated heterocycles. The number of hydrogen-bond acceptors (Lipinski definition) is 4. The summed E-state index contributed by atoms with van der Waals surface area (Å²) >= 11 is 10.7. The van der Waals surface area contributed by atoms with Crippen LogP contribution in [0.25, 0.3) is 0 Å². The van der Waals surface area contributed by atoms with Gasteiger partial charge in [0.1, 0.15) is 10.7 Å². The van der Waals surface area contributed by atoms with Gasteiger partial charge in [0.15, 0.2) is 0 Å². The summed E-state index contributed by atoms with van der Waals surface area (Å²) in [5.74, 6) is 0.496. The van der Waals surface area contributed by atoms with Gasteiger partial charge in [-0.15, -0.1) is 0 Å². The number of nitrogens with two attached hydrogens (primary N) is 1. The van der Waals surface area contributed by atoms with Crippen LogP contribution in [-0.4, -0.2) is 15.0 Å². The van der Waals surface area contributed by atoms with Crippen molar-refractivity contribution in [2.45, 2.75) is 6.54 Å². The number of anilines is 1. The molecule has 0 bridgehead atoms. The standard InChI is InChI=1S/C12H11ClN4S/c13-9-3-1-8(2-4-9)7-16-12-15-6-5-10(17-12)11(14)18/h1-6H,7H2,(H2,14,18)(H,15,16,17). The second-order valence-corrected chi connectivity index (χ2v) is 4.49. The van der Waals surface area contributed by atoms with Crippen molar-refractivity contribution in [1.29, 1.82) is 0 Å². The molecular weight excluding hydrogens is 268 g/mol. The molecule has 0 radical (unpaired) electrons. The predicted molar refractivity (Wildman–Crippen MR) is 76.7 cm³/mol. The first-order valence-electron chi connectivity index (χ1n) is 5.26. The maximum Gasteiger partial charge on any atom is 0.223 e. The van der Waals surface area contributed by atoms with E-state index in [9.17, 15) is 0 Å². The summed E-state index contributed by atoms with van der Waals surface area (Å²) in [6, 6.07) is 9.23. The van der Waals surface area contributed by atoms with Crippen molar-refractivity contribution in [2.75, 3.05) is 5.32 Å². The minimum atomic E-state index is 0.256. The van der Waals surface area contributed by atoms with Crippen molar-refractivity contribution >= 4 is 34.8 Å². The van der Waals surface area contributed by atoms with E-state index in [0.29, 0.717) is 23.2 Å². The average Bonchev–Trinajstić information content (AvgIpc) is 2.38. The summed E-state index contributed by atoms with van der Waals surface area (Å²) in [6.45, 7) is 0.609. The van der Waals surface area contributed by atoms with Gasteiger partial charge in [-0.2, -0.15) is 0 Å². The van der Waals surface area contributed by atoms with Gasteiger partial charge in [0.2, 0.25) is 5.95 Å². The Labute approximate surface area is 115 Å². The predicted octanol–water partition coefficient (Wildman–Crippen LogP) is 2.38. The molecule has 0 spiro atoms. The van der Waals surface area contributed by atoms with Crippen molar-refractivity contribution in [3.63, 3.8) is 0 Å². The van der Waals surface area contributed by atoms with Crippen molar-refractivity contribution in [2.24, 2.45) is 5.73 Å². The van der Waals surface area contributed by atoms with Crippen LogP contribution in [0.3, 0.4) is 0 Å². The highest BCUT2D eigenvalue weighted by atomic mass is 35.5. The van der Waals surface area contributed by atoms with Gasteiger partial charge in [-0.25, -0.2) is 9.97 Å². The van der Waals surface area contributed by atoms with Crippen LogP contribution < -0.4 is 11.1 Å². The molecule has 92 valence electrons. The highest BCUT2D eigenvalue weighted by Crippen LogP contribution is 2.10. The highest BCUT2D eigenvalue weighted by Gasteiger charge is 2.01. The van der Waals surface area contributed by atoms with Gasteiger partial charge < -0.3 is 11.1 Å². The molecular formula is C12H11ClN4S. The van der Waals surface area contributed by atoms with E-state index in [1.165, 1.54) is 0 Å². The quantitative estimate of drug-likeness (QED) is 0.841. The molecule has 18 heavy (non-hydrogen) atoms. The third-order valence-electron chi connectivity index (χ3n) is 2.27. The molecule has 2 aromatic rings. The summed E-state index contributed by atoms with van der Waals surface area (Å²) in [5, 5.41) is 3.81. The number of benzene rings is 1. The lowest BCUT2D eigenvalue weighted by atomic mass is 10.2. The molecule has 6 heteroatoms. The second kappa shape index (κ2) is 5.75. The third kappa shape index (κ3) is 3.38. The summed E-state index contributed by atoms with van der Waals surface area (Å²) in [5.41, 5.74) is 7.15. The van der Waals surface area contributed by atoms with Gasteiger partial charge in [-0.3, -0.25) is 0 Å². The fraction of sp³-hybridized carbons (Fsp3) is 0.0833. The van der Waals surface area contributed by atoms with Gasteiger partial charge in [-0.05, 0) is 23.8 Å². The molecule has 0 aliphatic rings. The molecule has 1 heterocycles. The minimum absolute atomic E-state index is 0.256. The van der Waals surface area contributed by atoms with E-state index < -0.39 is 0 Å². The van der Waals surface area contributed by atoms with Crippen molar-refractivity contribution in [3.8, 4) is 0 Å². The molecule has 2 rings (SSSR count). The zero-order valence-corrected chi connectivity index (χ0v) is 11.0. The molecule has 3 N–H and O–H groups in total. The van der Waals surface area contributed by atoms with Crippen molar-refractivity contribution in [1.82, 2.24) is 9.97 Å². The molecule has 4 nitrogen and oxygen atoms in total. The Morgan fingerprint density at radius 1 is 1.28 bits per heavy atom. The zero-order chi connectivity index (χ0) is 13.0. The number of thiocarbonyl (C=S) groups is 1. The van der Waals surface area contributed by atoms with Gasteiger partial charge in [0.05, 0.1) is 0 Å². The number of nitrogens with one attached hydrogen (secondary N) is 1. The first kappa shape index (κ1) is 12.7. The molecule has 0 atom stereocenters. The molecule has 0 fully saturated rings. The number of rotatable bonds is 4. The first-order valence-corrected chi connectivity index (χ1v) is 6.05. The van der Waals surface area contributed by atoms with Crippen LogP contribution >= 0.6 is 23.8 Å².